The molecule has 1 aromatic heterocycles. The third-order valence-corrected chi connectivity index (χ3v) is 5.41. The molecule has 0 aliphatic rings. The standard InChI is InChI=1S/C18H19N3O3S/c1-12-9-10-16(11-13(12)2)25(22,23)21-17(15-7-5-4-6-8-15)18-19-14(3)20-24-18/h4-11,17,21H,1-3H3/t17-/m0/s1. The maximum absolute atomic E-state index is 12.9. The number of benzene rings is 2. The lowest BCUT2D eigenvalue weighted by atomic mass is 10.1. The van der Waals surface area contributed by atoms with Gasteiger partial charge in [-0.25, -0.2) is 8.42 Å². The zero-order valence-electron chi connectivity index (χ0n) is 14.2. The molecule has 25 heavy (non-hydrogen) atoms. The molecule has 0 saturated carbocycles. The zero-order chi connectivity index (χ0) is 18.0. The monoisotopic (exact) mass is 357 g/mol. The number of hydrogen-bond donors (Lipinski definition) is 1. The summed E-state index contributed by atoms with van der Waals surface area (Å²) in [5.41, 5.74) is 2.66. The molecule has 0 radical (unpaired) electrons. The molecular weight excluding hydrogens is 338 g/mol. The second kappa shape index (κ2) is 6.78. The molecule has 0 bridgehead atoms. The largest absolute Gasteiger partial charge is 0.337 e. The first-order valence-electron chi connectivity index (χ1n) is 7.81. The molecule has 6 nitrogen and oxygen atoms in total. The van der Waals surface area contributed by atoms with Crippen molar-refractivity contribution < 1.29 is 12.9 Å². The van der Waals surface area contributed by atoms with Crippen molar-refractivity contribution in [2.75, 3.05) is 0 Å². The van der Waals surface area contributed by atoms with Gasteiger partial charge >= 0.3 is 0 Å². The van der Waals surface area contributed by atoms with Gasteiger partial charge in [-0.1, -0.05) is 41.6 Å². The Labute approximate surface area is 147 Å². The normalized spacial score (nSPS) is 12.9. The highest BCUT2D eigenvalue weighted by atomic mass is 32.2. The van der Waals surface area contributed by atoms with E-state index in [1.807, 2.05) is 44.2 Å². The molecule has 1 heterocycles. The van der Waals surface area contributed by atoms with Gasteiger partial charge in [-0.2, -0.15) is 9.71 Å². The van der Waals surface area contributed by atoms with E-state index in [1.54, 1.807) is 25.1 Å². The van der Waals surface area contributed by atoms with Crippen LogP contribution in [0.4, 0.5) is 0 Å². The average molecular weight is 357 g/mol. The molecule has 1 N–H and O–H groups in total. The van der Waals surface area contributed by atoms with Crippen LogP contribution < -0.4 is 4.72 Å². The summed E-state index contributed by atoms with van der Waals surface area (Å²) in [7, 11) is -3.76. The van der Waals surface area contributed by atoms with Crippen molar-refractivity contribution in [2.45, 2.75) is 31.7 Å². The first-order valence-corrected chi connectivity index (χ1v) is 9.30. The highest BCUT2D eigenvalue weighted by molar-refractivity contribution is 7.89. The summed E-state index contributed by atoms with van der Waals surface area (Å²) in [4.78, 5) is 4.39. The molecule has 2 aromatic carbocycles. The van der Waals surface area contributed by atoms with Gasteiger partial charge in [-0.05, 0) is 49.6 Å². The Morgan fingerprint density at radius 3 is 2.32 bits per heavy atom. The van der Waals surface area contributed by atoms with Gasteiger partial charge in [0.15, 0.2) is 5.82 Å². The van der Waals surface area contributed by atoms with Crippen LogP contribution >= 0.6 is 0 Å². The van der Waals surface area contributed by atoms with E-state index >= 15 is 0 Å². The molecule has 3 rings (SSSR count). The van der Waals surface area contributed by atoms with Crippen LogP contribution in [0.3, 0.4) is 0 Å². The van der Waals surface area contributed by atoms with E-state index in [2.05, 4.69) is 14.9 Å². The number of nitrogens with zero attached hydrogens (tertiary/aromatic N) is 2. The fraction of sp³-hybridized carbons (Fsp3) is 0.222. The first kappa shape index (κ1) is 17.3. The molecular formula is C18H19N3O3S. The summed E-state index contributed by atoms with van der Waals surface area (Å²) >= 11 is 0. The van der Waals surface area contributed by atoms with E-state index < -0.39 is 16.1 Å². The Morgan fingerprint density at radius 1 is 1.00 bits per heavy atom. The van der Waals surface area contributed by atoms with E-state index in [1.165, 1.54) is 0 Å². The number of aromatic nitrogens is 2. The summed E-state index contributed by atoms with van der Waals surface area (Å²) in [6.45, 7) is 5.50. The number of sulfonamides is 1. The minimum atomic E-state index is -3.76. The smallest absolute Gasteiger partial charge is 0.249 e. The van der Waals surface area contributed by atoms with Crippen molar-refractivity contribution in [2.24, 2.45) is 0 Å². The number of hydrogen-bond acceptors (Lipinski definition) is 5. The van der Waals surface area contributed by atoms with Gasteiger partial charge in [0.25, 0.3) is 0 Å². The molecule has 0 saturated heterocycles. The molecule has 0 amide bonds. The number of aryl methyl sites for hydroxylation is 3. The van der Waals surface area contributed by atoms with Crippen LogP contribution in [0.5, 0.6) is 0 Å². The molecule has 0 fully saturated rings. The minimum absolute atomic E-state index is 0.202. The predicted octanol–water partition coefficient (Wildman–Crippen LogP) is 3.06. The van der Waals surface area contributed by atoms with Crippen LogP contribution in [0.2, 0.25) is 0 Å². The maximum Gasteiger partial charge on any atom is 0.249 e. The molecule has 0 spiro atoms. The van der Waals surface area contributed by atoms with Crippen LogP contribution in [-0.2, 0) is 10.0 Å². The van der Waals surface area contributed by atoms with Crippen LogP contribution in [0.1, 0.15) is 34.4 Å². The van der Waals surface area contributed by atoms with Crippen molar-refractivity contribution in [1.82, 2.24) is 14.9 Å². The first-order chi connectivity index (χ1) is 11.9. The van der Waals surface area contributed by atoms with E-state index in [9.17, 15) is 8.42 Å². The predicted molar refractivity (Wildman–Crippen MR) is 93.6 cm³/mol. The van der Waals surface area contributed by atoms with Crippen LogP contribution in [0, 0.1) is 20.8 Å². The minimum Gasteiger partial charge on any atom is -0.337 e. The summed E-state index contributed by atoms with van der Waals surface area (Å²) < 4.78 is 33.6. The van der Waals surface area contributed by atoms with Gasteiger partial charge in [0.1, 0.15) is 6.04 Å². The maximum atomic E-state index is 12.9. The van der Waals surface area contributed by atoms with Gasteiger partial charge < -0.3 is 4.52 Å². The Kier molecular flexibility index (Phi) is 4.69. The highest BCUT2D eigenvalue weighted by Gasteiger charge is 2.27. The molecule has 0 aliphatic heterocycles. The number of rotatable bonds is 5. The topological polar surface area (TPSA) is 85.1 Å². The lowest BCUT2D eigenvalue weighted by Crippen LogP contribution is -2.29. The van der Waals surface area contributed by atoms with Gasteiger partial charge in [-0.15, -0.1) is 0 Å². The van der Waals surface area contributed by atoms with E-state index in [4.69, 9.17) is 4.52 Å². The third-order valence-electron chi connectivity index (χ3n) is 3.98. The number of nitrogens with one attached hydrogen (secondary N) is 1. The fourth-order valence-corrected chi connectivity index (χ4v) is 3.70. The molecule has 130 valence electrons. The van der Waals surface area contributed by atoms with Crippen molar-refractivity contribution >= 4 is 10.0 Å². The van der Waals surface area contributed by atoms with Crippen molar-refractivity contribution in [1.29, 1.82) is 0 Å². The SMILES string of the molecule is Cc1noc([C@@H](NS(=O)(=O)c2ccc(C)c(C)c2)c2ccccc2)n1. The average Bonchev–Trinajstić information content (AvgIpc) is 3.02. The molecule has 0 aliphatic carbocycles. The van der Waals surface area contributed by atoms with Crippen LogP contribution in [0.25, 0.3) is 0 Å². The summed E-state index contributed by atoms with van der Waals surface area (Å²) in [5.74, 6) is 0.650. The third kappa shape index (κ3) is 3.78. The molecule has 0 unspecified atom stereocenters. The zero-order valence-corrected chi connectivity index (χ0v) is 15.0. The quantitative estimate of drug-likeness (QED) is 0.758. The van der Waals surface area contributed by atoms with Crippen molar-refractivity contribution in [3.63, 3.8) is 0 Å². The molecule has 7 heteroatoms. The Morgan fingerprint density at radius 2 is 1.72 bits per heavy atom. The lowest BCUT2D eigenvalue weighted by Gasteiger charge is -2.16. The van der Waals surface area contributed by atoms with Gasteiger partial charge in [-0.3, -0.25) is 0 Å². The van der Waals surface area contributed by atoms with Crippen LogP contribution in [0.15, 0.2) is 57.9 Å². The Bertz CT molecular complexity index is 982. The summed E-state index contributed by atoms with van der Waals surface area (Å²) in [5, 5.41) is 3.77. The van der Waals surface area contributed by atoms with Gasteiger partial charge in [0.05, 0.1) is 4.90 Å². The van der Waals surface area contributed by atoms with E-state index in [0.29, 0.717) is 5.82 Å². The van der Waals surface area contributed by atoms with Crippen LogP contribution in [-0.4, -0.2) is 18.6 Å². The molecule has 3 aromatic rings. The lowest BCUT2D eigenvalue weighted by molar-refractivity contribution is 0.357. The second-order valence-electron chi connectivity index (χ2n) is 5.89. The van der Waals surface area contributed by atoms with E-state index in [0.717, 1.165) is 16.7 Å². The van der Waals surface area contributed by atoms with Crippen molar-refractivity contribution in [3.05, 3.63) is 76.9 Å². The second-order valence-corrected chi connectivity index (χ2v) is 7.60. The highest BCUT2D eigenvalue weighted by Crippen LogP contribution is 2.24. The van der Waals surface area contributed by atoms with Gasteiger partial charge in [0.2, 0.25) is 15.9 Å². The van der Waals surface area contributed by atoms with E-state index in [-0.39, 0.29) is 10.8 Å². The summed E-state index contributed by atoms with van der Waals surface area (Å²) in [6.07, 6.45) is 0. The Balaban J connectivity index is 2.01. The van der Waals surface area contributed by atoms with Crippen molar-refractivity contribution in [3.8, 4) is 0 Å². The Hall–Kier alpha value is -2.51. The van der Waals surface area contributed by atoms with Gasteiger partial charge in [0, 0.05) is 0 Å². The molecule has 1 atom stereocenters. The fourth-order valence-electron chi connectivity index (χ4n) is 2.44. The summed E-state index contributed by atoms with van der Waals surface area (Å²) in [6, 6.07) is 13.4.